The summed E-state index contributed by atoms with van der Waals surface area (Å²) in [6.07, 6.45) is 0. The highest BCUT2D eigenvalue weighted by molar-refractivity contribution is 7.09. The van der Waals surface area contributed by atoms with Crippen molar-refractivity contribution in [2.75, 3.05) is 20.3 Å². The molecule has 0 bridgehead atoms. The Morgan fingerprint density at radius 3 is 3.21 bits per heavy atom. The van der Waals surface area contributed by atoms with Crippen LogP contribution in [0.2, 0.25) is 0 Å². The van der Waals surface area contributed by atoms with Gasteiger partial charge in [-0.25, -0.2) is 4.98 Å². The molecule has 0 saturated carbocycles. The maximum Gasteiger partial charge on any atom is 0.119 e. The molecule has 0 aliphatic carbocycles. The maximum absolute atomic E-state index is 5.90. The van der Waals surface area contributed by atoms with E-state index in [1.54, 1.807) is 18.4 Å². The van der Waals surface area contributed by atoms with Gasteiger partial charge in [0, 0.05) is 24.4 Å². The second kappa shape index (κ2) is 4.35. The monoisotopic (exact) mass is 214 g/mol. The Bertz CT molecular complexity index is 303. The molecule has 0 aromatic carbocycles. The summed E-state index contributed by atoms with van der Waals surface area (Å²) in [5, 5.41) is 3.05. The molecule has 5 heteroatoms. The molecule has 2 unspecified atom stereocenters. The highest BCUT2D eigenvalue weighted by Gasteiger charge is 2.28. The number of nitrogens with two attached hydrogens (primary N) is 1. The summed E-state index contributed by atoms with van der Waals surface area (Å²) in [4.78, 5) is 4.47. The van der Waals surface area contributed by atoms with Gasteiger partial charge < -0.3 is 15.2 Å². The number of thiazole rings is 1. The number of rotatable bonds is 3. The number of hydrogen-bond acceptors (Lipinski definition) is 5. The second-order valence-electron chi connectivity index (χ2n) is 3.41. The zero-order chi connectivity index (χ0) is 9.97. The first-order valence-electron chi connectivity index (χ1n) is 4.58. The standard InChI is InChI=1S/C9H14N2O2S/c1-12-4-9-11-8(5-14-9)6-2-13-3-7(6)10/h5-7H,2-4,10H2,1H3. The number of ether oxygens (including phenoxy) is 2. The molecule has 1 saturated heterocycles. The fourth-order valence-electron chi connectivity index (χ4n) is 1.56. The summed E-state index contributed by atoms with van der Waals surface area (Å²) in [5.41, 5.74) is 6.95. The summed E-state index contributed by atoms with van der Waals surface area (Å²) in [6.45, 7) is 1.91. The van der Waals surface area contributed by atoms with E-state index >= 15 is 0 Å². The average Bonchev–Trinajstić information content (AvgIpc) is 2.74. The van der Waals surface area contributed by atoms with Crippen LogP contribution in [-0.4, -0.2) is 31.3 Å². The van der Waals surface area contributed by atoms with Crippen molar-refractivity contribution in [2.45, 2.75) is 18.6 Å². The molecule has 1 aliphatic heterocycles. The molecular weight excluding hydrogens is 200 g/mol. The molecule has 78 valence electrons. The van der Waals surface area contributed by atoms with Gasteiger partial charge in [-0.3, -0.25) is 0 Å². The first-order chi connectivity index (χ1) is 6.81. The van der Waals surface area contributed by atoms with Crippen molar-refractivity contribution < 1.29 is 9.47 Å². The van der Waals surface area contributed by atoms with Gasteiger partial charge in [0.25, 0.3) is 0 Å². The Morgan fingerprint density at radius 1 is 1.71 bits per heavy atom. The van der Waals surface area contributed by atoms with Crippen LogP contribution >= 0.6 is 11.3 Å². The van der Waals surface area contributed by atoms with Crippen molar-refractivity contribution in [3.63, 3.8) is 0 Å². The molecule has 2 heterocycles. The number of aromatic nitrogens is 1. The van der Waals surface area contributed by atoms with E-state index in [1.165, 1.54) is 0 Å². The lowest BCUT2D eigenvalue weighted by atomic mass is 10.0. The smallest absolute Gasteiger partial charge is 0.119 e. The molecule has 0 amide bonds. The van der Waals surface area contributed by atoms with Gasteiger partial charge in [0.05, 0.1) is 25.5 Å². The molecule has 2 rings (SSSR count). The second-order valence-corrected chi connectivity index (χ2v) is 4.35. The van der Waals surface area contributed by atoms with Crippen LogP contribution in [0, 0.1) is 0 Å². The topological polar surface area (TPSA) is 57.4 Å². The molecule has 0 spiro atoms. The van der Waals surface area contributed by atoms with Gasteiger partial charge in [-0.05, 0) is 0 Å². The molecule has 2 N–H and O–H groups in total. The summed E-state index contributed by atoms with van der Waals surface area (Å²) < 4.78 is 10.3. The van der Waals surface area contributed by atoms with E-state index < -0.39 is 0 Å². The number of methoxy groups -OCH3 is 1. The predicted octanol–water partition coefficient (Wildman–Crippen LogP) is 0.731. The van der Waals surface area contributed by atoms with Crippen LogP contribution in [0.25, 0.3) is 0 Å². The van der Waals surface area contributed by atoms with Crippen LogP contribution in [0.1, 0.15) is 16.6 Å². The van der Waals surface area contributed by atoms with Gasteiger partial charge in [0.15, 0.2) is 0 Å². The minimum absolute atomic E-state index is 0.0903. The highest BCUT2D eigenvalue weighted by Crippen LogP contribution is 2.25. The van der Waals surface area contributed by atoms with E-state index in [0.29, 0.717) is 19.8 Å². The first kappa shape index (κ1) is 10.0. The summed E-state index contributed by atoms with van der Waals surface area (Å²) in [6, 6.07) is 0.0903. The predicted molar refractivity (Wildman–Crippen MR) is 54.4 cm³/mol. The zero-order valence-electron chi connectivity index (χ0n) is 8.10. The fraction of sp³-hybridized carbons (Fsp3) is 0.667. The van der Waals surface area contributed by atoms with E-state index in [-0.39, 0.29) is 12.0 Å². The maximum atomic E-state index is 5.90. The number of nitrogens with zero attached hydrogens (tertiary/aromatic N) is 1. The van der Waals surface area contributed by atoms with Crippen molar-refractivity contribution in [1.82, 2.24) is 4.98 Å². The minimum Gasteiger partial charge on any atom is -0.379 e. The van der Waals surface area contributed by atoms with Crippen LogP contribution in [0.5, 0.6) is 0 Å². The van der Waals surface area contributed by atoms with E-state index in [4.69, 9.17) is 15.2 Å². The van der Waals surface area contributed by atoms with Gasteiger partial charge in [-0.1, -0.05) is 0 Å². The van der Waals surface area contributed by atoms with Crippen molar-refractivity contribution in [3.8, 4) is 0 Å². The third-order valence-electron chi connectivity index (χ3n) is 2.34. The molecule has 1 aliphatic rings. The van der Waals surface area contributed by atoms with E-state index in [9.17, 15) is 0 Å². The van der Waals surface area contributed by atoms with Crippen molar-refractivity contribution in [3.05, 3.63) is 16.1 Å². The first-order valence-corrected chi connectivity index (χ1v) is 5.46. The molecule has 1 aromatic heterocycles. The Kier molecular flexibility index (Phi) is 3.12. The lowest BCUT2D eigenvalue weighted by molar-refractivity contribution is 0.184. The van der Waals surface area contributed by atoms with Crippen molar-refractivity contribution in [1.29, 1.82) is 0 Å². The van der Waals surface area contributed by atoms with E-state index in [2.05, 4.69) is 4.98 Å². The van der Waals surface area contributed by atoms with Crippen molar-refractivity contribution >= 4 is 11.3 Å². The molecular formula is C9H14N2O2S. The fourth-order valence-corrected chi connectivity index (χ4v) is 2.39. The lowest BCUT2D eigenvalue weighted by Crippen LogP contribution is -2.27. The SMILES string of the molecule is COCc1nc(C2COCC2N)cs1. The summed E-state index contributed by atoms with van der Waals surface area (Å²) in [5.74, 6) is 0.261. The van der Waals surface area contributed by atoms with E-state index in [1.807, 2.05) is 5.38 Å². The highest BCUT2D eigenvalue weighted by atomic mass is 32.1. The van der Waals surface area contributed by atoms with E-state index in [0.717, 1.165) is 10.7 Å². The summed E-state index contributed by atoms with van der Waals surface area (Å²) in [7, 11) is 1.67. The van der Waals surface area contributed by atoms with Gasteiger partial charge in [-0.15, -0.1) is 11.3 Å². The molecule has 4 nitrogen and oxygen atoms in total. The quantitative estimate of drug-likeness (QED) is 0.806. The Balaban J connectivity index is 2.08. The van der Waals surface area contributed by atoms with Gasteiger partial charge >= 0.3 is 0 Å². The zero-order valence-corrected chi connectivity index (χ0v) is 8.92. The van der Waals surface area contributed by atoms with Crippen LogP contribution in [0.4, 0.5) is 0 Å². The van der Waals surface area contributed by atoms with Gasteiger partial charge in [-0.2, -0.15) is 0 Å². The van der Waals surface area contributed by atoms with Crippen LogP contribution in [-0.2, 0) is 16.1 Å². The van der Waals surface area contributed by atoms with Crippen LogP contribution in [0.15, 0.2) is 5.38 Å². The Hall–Kier alpha value is -0.490. The van der Waals surface area contributed by atoms with Gasteiger partial charge in [0.2, 0.25) is 0 Å². The third-order valence-corrected chi connectivity index (χ3v) is 3.18. The summed E-state index contributed by atoms with van der Waals surface area (Å²) >= 11 is 1.62. The third kappa shape index (κ3) is 1.95. The van der Waals surface area contributed by atoms with Crippen molar-refractivity contribution in [2.24, 2.45) is 5.73 Å². The van der Waals surface area contributed by atoms with Crippen LogP contribution in [0.3, 0.4) is 0 Å². The minimum atomic E-state index is 0.0903. The average molecular weight is 214 g/mol. The molecule has 2 atom stereocenters. The molecule has 1 fully saturated rings. The van der Waals surface area contributed by atoms with Crippen LogP contribution < -0.4 is 5.73 Å². The molecule has 14 heavy (non-hydrogen) atoms. The van der Waals surface area contributed by atoms with Gasteiger partial charge in [0.1, 0.15) is 5.01 Å². The Morgan fingerprint density at radius 2 is 2.57 bits per heavy atom. The normalized spacial score (nSPS) is 27.0. The Labute approximate surface area is 87.0 Å². The molecule has 1 aromatic rings. The number of hydrogen-bond donors (Lipinski definition) is 1. The molecule has 0 radical (unpaired) electrons. The lowest BCUT2D eigenvalue weighted by Gasteiger charge is -2.08. The largest absolute Gasteiger partial charge is 0.379 e.